The molecule has 1 fully saturated rings. The smallest absolute Gasteiger partial charge is 0.142 e. The van der Waals surface area contributed by atoms with E-state index in [2.05, 4.69) is 0 Å². The van der Waals surface area contributed by atoms with Crippen molar-refractivity contribution in [2.24, 2.45) is 5.92 Å². The van der Waals surface area contributed by atoms with E-state index in [1.165, 1.54) is 6.07 Å². The van der Waals surface area contributed by atoms with E-state index in [-0.39, 0.29) is 5.02 Å². The van der Waals surface area contributed by atoms with Gasteiger partial charge in [-0.05, 0) is 37.3 Å². The first-order chi connectivity index (χ1) is 7.00. The molecule has 2 rings (SSSR count). The lowest BCUT2D eigenvalue weighted by Crippen LogP contribution is -2.29. The minimum absolute atomic E-state index is 0.137. The average Bonchev–Trinajstić information content (AvgIpc) is 2.95. The molecular formula is C12H14ClFO. The molecule has 0 saturated heterocycles. The molecule has 1 unspecified atom stereocenters. The highest BCUT2D eigenvalue weighted by atomic mass is 35.5. The quantitative estimate of drug-likeness (QED) is 0.843. The Kier molecular flexibility index (Phi) is 2.73. The van der Waals surface area contributed by atoms with Crippen molar-refractivity contribution in [3.05, 3.63) is 34.6 Å². The molecular weight excluding hydrogens is 215 g/mol. The van der Waals surface area contributed by atoms with Crippen molar-refractivity contribution < 1.29 is 9.50 Å². The maximum Gasteiger partial charge on any atom is 0.142 e. The molecule has 3 heteroatoms. The Morgan fingerprint density at radius 1 is 1.53 bits per heavy atom. The summed E-state index contributed by atoms with van der Waals surface area (Å²) < 4.78 is 13.2. The van der Waals surface area contributed by atoms with Crippen molar-refractivity contribution in [1.82, 2.24) is 0 Å². The van der Waals surface area contributed by atoms with Crippen molar-refractivity contribution in [2.75, 3.05) is 0 Å². The summed E-state index contributed by atoms with van der Waals surface area (Å²) in [5.41, 5.74) is -0.0641. The Labute approximate surface area is 93.9 Å². The van der Waals surface area contributed by atoms with Crippen molar-refractivity contribution in [3.8, 4) is 0 Å². The maximum absolute atomic E-state index is 13.2. The molecule has 1 aliphatic carbocycles. The van der Waals surface area contributed by atoms with Gasteiger partial charge in [-0.15, -0.1) is 0 Å². The zero-order valence-corrected chi connectivity index (χ0v) is 9.39. The van der Waals surface area contributed by atoms with Crippen molar-refractivity contribution in [1.29, 1.82) is 0 Å². The molecule has 1 nitrogen and oxygen atoms in total. The van der Waals surface area contributed by atoms with Gasteiger partial charge in [-0.3, -0.25) is 0 Å². The van der Waals surface area contributed by atoms with Crippen LogP contribution in [0, 0.1) is 11.7 Å². The first kappa shape index (κ1) is 10.9. The fourth-order valence-electron chi connectivity index (χ4n) is 1.92. The molecule has 1 aromatic rings. The molecule has 1 saturated carbocycles. The number of hydrogen-bond acceptors (Lipinski definition) is 1. The molecule has 15 heavy (non-hydrogen) atoms. The van der Waals surface area contributed by atoms with E-state index in [9.17, 15) is 9.50 Å². The summed E-state index contributed by atoms with van der Waals surface area (Å²) in [6.45, 7) is 1.80. The normalized spacial score (nSPS) is 20.0. The van der Waals surface area contributed by atoms with Gasteiger partial charge in [0.05, 0.1) is 10.6 Å². The third-order valence-corrected chi connectivity index (χ3v) is 3.46. The molecule has 0 amide bonds. The highest BCUT2D eigenvalue weighted by Gasteiger charge is 2.40. The van der Waals surface area contributed by atoms with E-state index < -0.39 is 11.4 Å². The lowest BCUT2D eigenvalue weighted by molar-refractivity contribution is 0.0372. The fraction of sp³-hybridized carbons (Fsp3) is 0.500. The Hall–Kier alpha value is -0.600. The summed E-state index contributed by atoms with van der Waals surface area (Å²) in [5.74, 6) is -0.0717. The van der Waals surface area contributed by atoms with Gasteiger partial charge >= 0.3 is 0 Å². The summed E-state index contributed by atoms with van der Waals surface area (Å²) in [4.78, 5) is 0. The van der Waals surface area contributed by atoms with Crippen LogP contribution < -0.4 is 0 Å². The van der Waals surface area contributed by atoms with E-state index in [4.69, 9.17) is 11.6 Å². The zero-order valence-electron chi connectivity index (χ0n) is 8.63. The van der Waals surface area contributed by atoms with Crippen molar-refractivity contribution in [2.45, 2.75) is 31.8 Å². The maximum atomic E-state index is 13.2. The Morgan fingerprint density at radius 3 is 2.80 bits per heavy atom. The van der Waals surface area contributed by atoms with E-state index in [1.807, 2.05) is 0 Å². The van der Waals surface area contributed by atoms with Gasteiger partial charge in [0.15, 0.2) is 0 Å². The van der Waals surface area contributed by atoms with Crippen LogP contribution in [0.3, 0.4) is 0 Å². The molecule has 0 heterocycles. The van der Waals surface area contributed by atoms with Crippen LogP contribution in [0.25, 0.3) is 0 Å². The highest BCUT2D eigenvalue weighted by molar-refractivity contribution is 6.31. The third kappa shape index (κ3) is 2.32. The first-order valence-corrected chi connectivity index (χ1v) is 5.54. The van der Waals surface area contributed by atoms with Gasteiger partial charge in [-0.1, -0.05) is 23.7 Å². The van der Waals surface area contributed by atoms with Gasteiger partial charge in [-0.25, -0.2) is 4.39 Å². The Bertz CT molecular complexity index is 372. The Morgan fingerprint density at radius 2 is 2.20 bits per heavy atom. The predicted octanol–water partition coefficient (Wildman–Crippen LogP) is 3.18. The molecule has 1 aromatic carbocycles. The molecule has 0 aliphatic heterocycles. The predicted molar refractivity (Wildman–Crippen MR) is 58.5 cm³/mol. The van der Waals surface area contributed by atoms with Crippen molar-refractivity contribution >= 4 is 11.6 Å². The van der Waals surface area contributed by atoms with Crippen LogP contribution in [-0.4, -0.2) is 10.7 Å². The number of rotatable bonds is 3. The minimum atomic E-state index is -0.753. The topological polar surface area (TPSA) is 20.2 Å². The van der Waals surface area contributed by atoms with Crippen LogP contribution in [0.1, 0.15) is 25.3 Å². The highest BCUT2D eigenvalue weighted by Crippen LogP contribution is 2.41. The molecule has 1 aliphatic rings. The molecule has 1 N–H and O–H groups in total. The zero-order chi connectivity index (χ0) is 11.1. The molecule has 0 bridgehead atoms. The lowest BCUT2D eigenvalue weighted by Gasteiger charge is -2.23. The van der Waals surface area contributed by atoms with Gasteiger partial charge in [0.25, 0.3) is 0 Å². The molecule has 0 radical (unpaired) electrons. The second-order valence-electron chi connectivity index (χ2n) is 4.52. The van der Waals surface area contributed by atoms with Gasteiger partial charge in [0.2, 0.25) is 0 Å². The van der Waals surface area contributed by atoms with Gasteiger partial charge in [0.1, 0.15) is 5.82 Å². The largest absolute Gasteiger partial charge is 0.390 e. The molecule has 1 atom stereocenters. The SMILES string of the molecule is CC(O)(Cc1cccc(F)c1Cl)C1CC1. The van der Waals surface area contributed by atoms with Gasteiger partial charge in [-0.2, -0.15) is 0 Å². The second-order valence-corrected chi connectivity index (χ2v) is 4.90. The van der Waals surface area contributed by atoms with E-state index in [0.717, 1.165) is 12.8 Å². The summed E-state index contributed by atoms with van der Waals surface area (Å²) in [6, 6.07) is 4.72. The standard InChI is InChI=1S/C12H14ClFO/c1-12(15,9-5-6-9)7-8-3-2-4-10(14)11(8)13/h2-4,9,15H,5-7H2,1H3. The molecule has 0 aromatic heterocycles. The van der Waals surface area contributed by atoms with Crippen LogP contribution in [0.5, 0.6) is 0 Å². The summed E-state index contributed by atoms with van der Waals surface area (Å²) in [5, 5.41) is 10.3. The van der Waals surface area contributed by atoms with Crippen LogP contribution in [0.4, 0.5) is 4.39 Å². The molecule has 0 spiro atoms. The molecule has 82 valence electrons. The number of aliphatic hydroxyl groups is 1. The monoisotopic (exact) mass is 228 g/mol. The van der Waals surface area contributed by atoms with Crippen LogP contribution in [-0.2, 0) is 6.42 Å². The Balaban J connectivity index is 2.20. The lowest BCUT2D eigenvalue weighted by atomic mass is 9.92. The third-order valence-electron chi connectivity index (χ3n) is 3.04. The van der Waals surface area contributed by atoms with Crippen LogP contribution >= 0.6 is 11.6 Å². The van der Waals surface area contributed by atoms with Crippen LogP contribution in [0.15, 0.2) is 18.2 Å². The minimum Gasteiger partial charge on any atom is -0.390 e. The van der Waals surface area contributed by atoms with Crippen molar-refractivity contribution in [3.63, 3.8) is 0 Å². The van der Waals surface area contributed by atoms with Crippen LogP contribution in [0.2, 0.25) is 5.02 Å². The first-order valence-electron chi connectivity index (χ1n) is 5.16. The van der Waals surface area contributed by atoms with E-state index >= 15 is 0 Å². The van der Waals surface area contributed by atoms with Gasteiger partial charge in [0, 0.05) is 6.42 Å². The second kappa shape index (κ2) is 3.76. The number of benzene rings is 1. The fourth-order valence-corrected chi connectivity index (χ4v) is 2.11. The van der Waals surface area contributed by atoms with Gasteiger partial charge < -0.3 is 5.11 Å². The summed E-state index contributed by atoms with van der Waals surface area (Å²) in [6.07, 6.45) is 2.54. The van der Waals surface area contributed by atoms with E-state index in [1.54, 1.807) is 19.1 Å². The summed E-state index contributed by atoms with van der Waals surface area (Å²) in [7, 11) is 0. The average molecular weight is 229 g/mol. The number of hydrogen-bond donors (Lipinski definition) is 1. The van der Waals surface area contributed by atoms with E-state index in [0.29, 0.717) is 17.9 Å². The summed E-state index contributed by atoms with van der Waals surface area (Å²) >= 11 is 5.84. The number of halogens is 2.